The molecule has 3 aromatic carbocycles. The smallest absolute Gasteiger partial charge is 0.476 e. The number of nitrogen functional groups attached to an aromatic ring is 3. The third-order valence-corrected chi connectivity index (χ3v) is 17.3. The van der Waals surface area contributed by atoms with Crippen LogP contribution in [-0.4, -0.2) is 159 Å². The van der Waals surface area contributed by atoms with E-state index in [1.54, 1.807) is 79.5 Å². The third-order valence-electron chi connectivity index (χ3n) is 17.0. The zero-order chi connectivity index (χ0) is 71.6. The fourth-order valence-corrected chi connectivity index (χ4v) is 11.7. The van der Waals surface area contributed by atoms with Gasteiger partial charge in [-0.2, -0.15) is 0 Å². The molecular formula is C70H71BClF3N18O7. The van der Waals surface area contributed by atoms with Crippen LogP contribution in [0, 0.1) is 38.2 Å². The average Bonchev–Trinajstić information content (AvgIpc) is 1.19. The summed E-state index contributed by atoms with van der Waals surface area (Å²) in [5.74, 6) is -4.19. The molecule has 0 unspecified atom stereocenters. The van der Waals surface area contributed by atoms with Crippen LogP contribution in [0.5, 0.6) is 0 Å². The Morgan fingerprint density at radius 2 is 0.860 bits per heavy atom. The number of benzene rings is 3. The number of carboxylic acid groups (broad SMARTS) is 2. The van der Waals surface area contributed by atoms with Crippen LogP contribution in [0.15, 0.2) is 146 Å². The van der Waals surface area contributed by atoms with Gasteiger partial charge < -0.3 is 66.2 Å². The number of hydrogen-bond acceptors (Lipinski definition) is 20. The predicted octanol–water partition coefficient (Wildman–Crippen LogP) is 9.31. The molecule has 0 amide bonds. The van der Waals surface area contributed by atoms with E-state index in [4.69, 9.17) is 54.7 Å². The maximum atomic E-state index is 13.6. The molecule has 14 rings (SSSR count). The van der Waals surface area contributed by atoms with Crippen LogP contribution in [0.3, 0.4) is 0 Å². The zero-order valence-electron chi connectivity index (χ0n) is 55.0. The van der Waals surface area contributed by atoms with Gasteiger partial charge in [-0.1, -0.05) is 17.7 Å². The molecule has 100 heavy (non-hydrogen) atoms. The number of carboxylic acids is 2. The molecule has 2 saturated heterocycles. The van der Waals surface area contributed by atoms with Crippen molar-refractivity contribution in [2.45, 2.75) is 71.4 Å². The van der Waals surface area contributed by atoms with Crippen molar-refractivity contribution >= 4 is 76.3 Å². The average molecular weight is 1380 g/mol. The molecule has 2 fully saturated rings. The van der Waals surface area contributed by atoms with Crippen molar-refractivity contribution in [1.29, 1.82) is 0 Å². The van der Waals surface area contributed by atoms with Crippen LogP contribution in [0.2, 0.25) is 5.15 Å². The summed E-state index contributed by atoms with van der Waals surface area (Å²) >= 11 is 5.83. The van der Waals surface area contributed by atoms with Crippen molar-refractivity contribution in [1.82, 2.24) is 67.9 Å². The SMILES string of the molecule is CN1CCC[C@@H]1CN.Cc1cnc2ccc(-c3nc(C(=O)CC[C@H]4CCCN4C)c(N)nc3-c3ccc(F)cc3)cn12.Cc1cnc2ccc(-c3nc(C(=O)O)c(N)nc3-c3ccc(F)cc3)cn12.Cc1cnc2ccc(B(O)O)cn12.Nc1nc(-c2ccc(F)cc2)c(Cl)nc1C(=O)O. The predicted molar refractivity (Wildman–Crippen MR) is 376 cm³/mol. The molecule has 25 nitrogen and oxygen atoms in total. The maximum absolute atomic E-state index is 13.6. The summed E-state index contributed by atoms with van der Waals surface area (Å²) in [4.78, 5) is 78.2. The number of rotatable bonds is 13. The number of hydrogen-bond donors (Lipinski definition) is 8. The van der Waals surface area contributed by atoms with E-state index in [1.807, 2.05) is 52.3 Å². The van der Waals surface area contributed by atoms with E-state index in [0.717, 1.165) is 71.9 Å². The first-order valence-electron chi connectivity index (χ1n) is 31.6. The van der Waals surface area contributed by atoms with E-state index in [0.29, 0.717) is 69.0 Å². The van der Waals surface area contributed by atoms with Gasteiger partial charge in [0.15, 0.2) is 39.8 Å². The van der Waals surface area contributed by atoms with Crippen molar-refractivity contribution in [2.75, 3.05) is 50.9 Å². The number of imidazole rings is 3. The molecule has 12 N–H and O–H groups in total. The molecule has 514 valence electrons. The van der Waals surface area contributed by atoms with Gasteiger partial charge in [0.2, 0.25) is 0 Å². The second kappa shape index (κ2) is 31.6. The van der Waals surface area contributed by atoms with Gasteiger partial charge in [-0.15, -0.1) is 0 Å². The number of nitrogens with two attached hydrogens (primary N) is 4. The highest BCUT2D eigenvalue weighted by Gasteiger charge is 2.26. The minimum Gasteiger partial charge on any atom is -0.476 e. The number of likely N-dealkylation sites (N-methyl/N-ethyl adjacent to an activating group) is 1. The number of halogens is 4. The number of nitrogens with zero attached hydrogens (tertiary/aromatic N) is 14. The number of pyridine rings is 3. The second-order valence-corrected chi connectivity index (χ2v) is 24.2. The molecule has 0 saturated carbocycles. The molecule has 0 aliphatic carbocycles. The van der Waals surface area contributed by atoms with Crippen molar-refractivity contribution in [3.05, 3.63) is 203 Å². The van der Waals surface area contributed by atoms with Gasteiger partial charge in [0.05, 0.1) is 22.8 Å². The summed E-state index contributed by atoms with van der Waals surface area (Å²) in [5.41, 5.74) is 33.2. The van der Waals surface area contributed by atoms with E-state index in [2.05, 4.69) is 63.8 Å². The summed E-state index contributed by atoms with van der Waals surface area (Å²) in [6.07, 6.45) is 16.7. The molecular weight excluding hydrogens is 1310 g/mol. The van der Waals surface area contributed by atoms with E-state index < -0.39 is 30.6 Å². The second-order valence-electron chi connectivity index (χ2n) is 23.8. The fourth-order valence-electron chi connectivity index (χ4n) is 11.5. The Labute approximate surface area is 576 Å². The number of carbonyl (C=O) groups excluding carboxylic acids is 1. The molecule has 12 aromatic rings. The van der Waals surface area contributed by atoms with Gasteiger partial charge in [0, 0.05) is 107 Å². The van der Waals surface area contributed by atoms with Crippen LogP contribution in [-0.2, 0) is 0 Å². The first kappa shape index (κ1) is 71.7. The van der Waals surface area contributed by atoms with Crippen LogP contribution >= 0.6 is 11.6 Å². The number of carbonyl (C=O) groups is 3. The molecule has 30 heteroatoms. The van der Waals surface area contributed by atoms with Gasteiger partial charge >= 0.3 is 19.1 Å². The number of anilines is 3. The standard InChI is InChI=1S/C26H27FN6O.C19H14FN5O2.C11H7ClFN3O2.C8H9BN2O2.C6H14N2/c1-16-14-29-22-12-7-18(15-33(16)22)24-23(17-5-8-19(27)9-6-17)31-26(28)25(30-24)21(34)11-10-20-4-3-13-32(20)2;1-10-8-22-14-7-4-12(9-25(10)14)16-15(11-2-5-13(20)6-3-11)24-18(21)17(23-16)19(26)27;12-9-7(5-1-3-6(13)4-2-5)16-10(14)8(15-9)11(17)18;1-6-4-10-8-3-2-7(9(12)13)5-11(6)8;1-8-4-2-3-6(8)5-7/h5-9,12,14-15,20H,3-4,10-11,13H2,1-2H3,(H2,28,31);2-9H,1H3,(H2,21,24)(H,26,27);1-4H,(H2,14,16)(H,17,18);2-5,12-13H,1H3;6H,2-5,7H2,1H3/t20-;;;;6-/m1...1/s1. The van der Waals surface area contributed by atoms with E-state index >= 15 is 0 Å². The molecule has 0 spiro atoms. The number of aromatic carboxylic acids is 2. The van der Waals surface area contributed by atoms with Gasteiger partial charge in [0.1, 0.15) is 45.8 Å². The Hall–Kier alpha value is -11.1. The number of aromatic nitrogens is 12. The van der Waals surface area contributed by atoms with Crippen molar-refractivity contribution in [2.24, 2.45) is 5.73 Å². The van der Waals surface area contributed by atoms with Crippen LogP contribution in [0.4, 0.5) is 30.6 Å². The highest BCUT2D eigenvalue weighted by atomic mass is 35.5. The summed E-state index contributed by atoms with van der Waals surface area (Å²) in [7, 11) is 2.82. The first-order valence-corrected chi connectivity index (χ1v) is 32.0. The third kappa shape index (κ3) is 16.7. The van der Waals surface area contributed by atoms with E-state index in [9.17, 15) is 32.7 Å². The van der Waals surface area contributed by atoms with E-state index in [-0.39, 0.29) is 57.1 Å². The number of likely N-dealkylation sites (tertiary alicyclic amines) is 2. The highest BCUT2D eigenvalue weighted by Crippen LogP contribution is 2.35. The van der Waals surface area contributed by atoms with Crippen molar-refractivity contribution < 1.29 is 47.8 Å². The highest BCUT2D eigenvalue weighted by molar-refractivity contribution is 6.58. The van der Waals surface area contributed by atoms with E-state index in [1.165, 1.54) is 67.9 Å². The molecule has 2 aliphatic rings. The Balaban J connectivity index is 0.000000145. The van der Waals surface area contributed by atoms with Gasteiger partial charge in [-0.05, 0) is 189 Å². The molecule has 9 aromatic heterocycles. The summed E-state index contributed by atoms with van der Waals surface area (Å²) in [6, 6.07) is 28.9. The van der Waals surface area contributed by atoms with Gasteiger partial charge in [-0.25, -0.2) is 67.6 Å². The Bertz CT molecular complexity index is 4950. The molecule has 0 bridgehead atoms. The maximum Gasteiger partial charge on any atom is 0.489 e. The van der Waals surface area contributed by atoms with Gasteiger partial charge in [-0.3, -0.25) is 4.79 Å². The lowest BCUT2D eigenvalue weighted by molar-refractivity contribution is 0.0680. The summed E-state index contributed by atoms with van der Waals surface area (Å²) < 4.78 is 45.3. The quantitative estimate of drug-likeness (QED) is 0.0393. The van der Waals surface area contributed by atoms with Crippen LogP contribution in [0.25, 0.3) is 73.2 Å². The summed E-state index contributed by atoms with van der Waals surface area (Å²) in [6.45, 7) is 8.91. The minimum absolute atomic E-state index is 0.0905. The lowest BCUT2D eigenvalue weighted by Crippen LogP contribution is -2.31. The van der Waals surface area contributed by atoms with Crippen LogP contribution < -0.4 is 28.4 Å². The van der Waals surface area contributed by atoms with Gasteiger partial charge in [0.25, 0.3) is 0 Å². The fraction of sp³-hybridized carbons (Fsp3) is 0.229. The normalized spacial score (nSPS) is 14.3. The van der Waals surface area contributed by atoms with Crippen molar-refractivity contribution in [3.63, 3.8) is 0 Å². The number of Topliss-reactive ketones (excluding diaryl/α,β-unsaturated/α-hetero) is 1. The minimum atomic E-state index is -1.42. The summed E-state index contributed by atoms with van der Waals surface area (Å²) in [5, 5.41) is 35.9. The lowest BCUT2D eigenvalue weighted by atomic mass is 9.82. The molecule has 11 heterocycles. The molecule has 2 atom stereocenters. The number of aryl methyl sites for hydroxylation is 3. The zero-order valence-corrected chi connectivity index (χ0v) is 55.8. The molecule has 0 radical (unpaired) electrons. The first-order chi connectivity index (χ1) is 47.8. The number of ketones is 1. The monoisotopic (exact) mass is 1380 g/mol. The van der Waals surface area contributed by atoms with Crippen molar-refractivity contribution in [3.8, 4) is 56.3 Å². The topological polar surface area (TPSA) is 372 Å². The Morgan fingerprint density at radius 1 is 0.500 bits per heavy atom. The Kier molecular flexibility index (Phi) is 22.7. The lowest BCUT2D eigenvalue weighted by Gasteiger charge is -2.19. The largest absolute Gasteiger partial charge is 0.489 e. The number of fused-ring (bicyclic) bond motifs is 3. The van der Waals surface area contributed by atoms with Crippen LogP contribution in [0.1, 0.15) is 87.1 Å². The Morgan fingerprint density at radius 3 is 1.26 bits per heavy atom. The molecule has 2 aliphatic heterocycles.